The number of imide groups is 1. The van der Waals surface area contributed by atoms with Crippen LogP contribution in [0.15, 0.2) is 42.5 Å². The van der Waals surface area contributed by atoms with E-state index < -0.39 is 0 Å². The van der Waals surface area contributed by atoms with Crippen molar-refractivity contribution in [3.8, 4) is 10.6 Å². The Morgan fingerprint density at radius 2 is 1.79 bits per heavy atom. The predicted molar refractivity (Wildman–Crippen MR) is 137 cm³/mol. The summed E-state index contributed by atoms with van der Waals surface area (Å²) in [6.07, 6.45) is 3.69. The first kappa shape index (κ1) is 21.9. The summed E-state index contributed by atoms with van der Waals surface area (Å²) in [5, 5.41) is 0.948. The molecule has 0 N–H and O–H groups in total. The van der Waals surface area contributed by atoms with Crippen LogP contribution in [0, 0.1) is 17.8 Å². The van der Waals surface area contributed by atoms with Gasteiger partial charge in [0.15, 0.2) is 0 Å². The summed E-state index contributed by atoms with van der Waals surface area (Å²) in [7, 11) is 0. The number of rotatable bonds is 3. The first-order valence-corrected chi connectivity index (χ1v) is 13.0. The zero-order chi connectivity index (χ0) is 23.8. The van der Waals surface area contributed by atoms with Gasteiger partial charge in [0.2, 0.25) is 5.91 Å². The van der Waals surface area contributed by atoms with Gasteiger partial charge in [-0.2, -0.15) is 0 Å². The Kier molecular flexibility index (Phi) is 4.81. The molecule has 3 heterocycles. The molecular weight excluding hydrogens is 442 g/mol. The maximum atomic E-state index is 13.5. The average Bonchev–Trinajstić information content (AvgIpc) is 3.38. The Morgan fingerprint density at radius 3 is 2.56 bits per heavy atom. The minimum absolute atomic E-state index is 0.0674. The van der Waals surface area contributed by atoms with Crippen molar-refractivity contribution in [1.82, 2.24) is 9.88 Å². The number of aryl methyl sites for hydroxylation is 1. The van der Waals surface area contributed by atoms with E-state index in [1.54, 1.807) is 11.3 Å². The van der Waals surface area contributed by atoms with Gasteiger partial charge in [-0.05, 0) is 79.0 Å². The van der Waals surface area contributed by atoms with E-state index in [2.05, 4.69) is 50.8 Å². The summed E-state index contributed by atoms with van der Waals surface area (Å²) in [4.78, 5) is 35.1. The Bertz CT molecular complexity index is 1310. The second-order valence-corrected chi connectivity index (χ2v) is 12.7. The molecule has 0 unspecified atom stereocenters. The highest BCUT2D eigenvalue weighted by molar-refractivity contribution is 7.21. The van der Waals surface area contributed by atoms with Crippen LogP contribution in [-0.2, 0) is 9.59 Å². The molecule has 2 amide bonds. The van der Waals surface area contributed by atoms with Gasteiger partial charge >= 0.3 is 0 Å². The third kappa shape index (κ3) is 3.59. The number of carbonyl (C=O) groups excluding carboxylic acids is 2. The number of hydrogen-bond donors (Lipinski definition) is 0. The van der Waals surface area contributed by atoms with E-state index in [-0.39, 0.29) is 35.1 Å². The number of thiazole rings is 1. The Labute approximate surface area is 204 Å². The van der Waals surface area contributed by atoms with Crippen LogP contribution in [0.4, 0.5) is 5.69 Å². The van der Waals surface area contributed by atoms with E-state index in [0.29, 0.717) is 11.7 Å². The van der Waals surface area contributed by atoms with Gasteiger partial charge in [0.05, 0.1) is 28.4 Å². The number of nitrogens with zero attached hydrogens (tertiary/aromatic N) is 3. The van der Waals surface area contributed by atoms with Gasteiger partial charge in [-0.3, -0.25) is 14.5 Å². The van der Waals surface area contributed by atoms with Crippen molar-refractivity contribution in [2.75, 3.05) is 11.4 Å². The van der Waals surface area contributed by atoms with Crippen LogP contribution in [0.5, 0.6) is 0 Å². The number of hydrogen-bond acceptors (Lipinski definition) is 5. The minimum Gasteiger partial charge on any atom is -0.288 e. The number of amides is 2. The lowest BCUT2D eigenvalue weighted by atomic mass is 9.65. The topological polar surface area (TPSA) is 53.5 Å². The van der Waals surface area contributed by atoms with Crippen LogP contribution in [0.25, 0.3) is 20.8 Å². The third-order valence-electron chi connectivity index (χ3n) is 7.89. The van der Waals surface area contributed by atoms with Crippen LogP contribution in [0.1, 0.15) is 52.0 Å². The quantitative estimate of drug-likeness (QED) is 0.451. The molecular formula is C28H31N3O2S. The normalized spacial score (nSPS) is 28.9. The lowest BCUT2D eigenvalue weighted by molar-refractivity contribution is -0.123. The maximum absolute atomic E-state index is 13.5. The second kappa shape index (κ2) is 7.46. The number of benzene rings is 2. The minimum atomic E-state index is -0.333. The summed E-state index contributed by atoms with van der Waals surface area (Å²) in [6.45, 7) is 10.0. The molecule has 176 valence electrons. The molecule has 1 aromatic heterocycles. The SMILES string of the molecule is Cc1ccc2nc(-c3ccc(N4C(=O)C[C@@H](N5C[C@@]6(C)C[C@H]5CC(C)(C)C6)C4=O)cc3)sc2c1. The highest BCUT2D eigenvalue weighted by atomic mass is 32.1. The summed E-state index contributed by atoms with van der Waals surface area (Å²) in [5.74, 6) is -0.161. The van der Waals surface area contributed by atoms with Crippen LogP contribution < -0.4 is 4.90 Å². The highest BCUT2D eigenvalue weighted by Crippen LogP contribution is 2.53. The standard InChI is InChI=1S/C28H31N3O2S/c1-17-5-10-21-23(11-17)34-25(29-21)18-6-8-19(9-7-18)31-24(32)12-22(26(31)33)30-16-28(4)14-20(30)13-27(2,3)15-28/h5-11,20,22H,12-16H2,1-4H3/t20-,22-,28+/m1/s1. The number of fused-ring (bicyclic) bond motifs is 3. The summed E-state index contributed by atoms with van der Waals surface area (Å²) in [5.41, 5.74) is 4.40. The third-order valence-corrected chi connectivity index (χ3v) is 8.96. The number of anilines is 1. The molecule has 3 aromatic rings. The molecule has 3 fully saturated rings. The number of aromatic nitrogens is 1. The average molecular weight is 474 g/mol. The van der Waals surface area contributed by atoms with Gasteiger partial charge in [0, 0.05) is 18.2 Å². The largest absolute Gasteiger partial charge is 0.288 e. The van der Waals surface area contributed by atoms with Gasteiger partial charge in [-0.15, -0.1) is 11.3 Å². The van der Waals surface area contributed by atoms with E-state index in [1.807, 2.05) is 24.3 Å². The maximum Gasteiger partial charge on any atom is 0.251 e. The smallest absolute Gasteiger partial charge is 0.251 e. The first-order chi connectivity index (χ1) is 16.1. The first-order valence-electron chi connectivity index (χ1n) is 12.2. The molecule has 2 bridgehead atoms. The lowest BCUT2D eigenvalue weighted by Gasteiger charge is -2.40. The molecule has 5 nitrogen and oxygen atoms in total. The van der Waals surface area contributed by atoms with Crippen molar-refractivity contribution in [2.45, 2.75) is 65.5 Å². The molecule has 1 saturated carbocycles. The number of carbonyl (C=O) groups is 2. The zero-order valence-corrected chi connectivity index (χ0v) is 21.1. The molecule has 6 heteroatoms. The van der Waals surface area contributed by atoms with Crippen LogP contribution in [-0.4, -0.2) is 40.3 Å². The molecule has 3 aliphatic rings. The van der Waals surface area contributed by atoms with Crippen molar-refractivity contribution in [2.24, 2.45) is 10.8 Å². The van der Waals surface area contributed by atoms with E-state index >= 15 is 0 Å². The summed E-state index contributed by atoms with van der Waals surface area (Å²) >= 11 is 1.66. The van der Waals surface area contributed by atoms with Gasteiger partial charge in [-0.25, -0.2) is 9.88 Å². The van der Waals surface area contributed by atoms with E-state index in [9.17, 15) is 9.59 Å². The van der Waals surface area contributed by atoms with Crippen molar-refractivity contribution >= 4 is 39.1 Å². The Hall–Kier alpha value is -2.57. The van der Waals surface area contributed by atoms with Gasteiger partial charge in [-0.1, -0.05) is 26.8 Å². The fourth-order valence-electron chi connectivity index (χ4n) is 6.92. The molecule has 3 atom stereocenters. The molecule has 2 aromatic carbocycles. The Balaban J connectivity index is 1.24. The second-order valence-electron chi connectivity index (χ2n) is 11.7. The van der Waals surface area contributed by atoms with E-state index in [1.165, 1.54) is 21.6 Å². The summed E-state index contributed by atoms with van der Waals surface area (Å²) in [6, 6.07) is 14.1. The zero-order valence-electron chi connectivity index (χ0n) is 20.3. The molecule has 34 heavy (non-hydrogen) atoms. The lowest BCUT2D eigenvalue weighted by Crippen LogP contribution is -2.45. The van der Waals surface area contributed by atoms with Gasteiger partial charge < -0.3 is 0 Å². The highest BCUT2D eigenvalue weighted by Gasteiger charge is 2.55. The van der Waals surface area contributed by atoms with Crippen molar-refractivity contribution in [3.05, 3.63) is 48.0 Å². The summed E-state index contributed by atoms with van der Waals surface area (Å²) < 4.78 is 1.17. The predicted octanol–water partition coefficient (Wildman–Crippen LogP) is 5.80. The molecule has 0 spiro atoms. The monoisotopic (exact) mass is 473 g/mol. The van der Waals surface area contributed by atoms with Crippen LogP contribution in [0.2, 0.25) is 0 Å². The number of likely N-dealkylation sites (tertiary alicyclic amines) is 1. The molecule has 2 aliphatic heterocycles. The Morgan fingerprint density at radius 1 is 1.03 bits per heavy atom. The van der Waals surface area contributed by atoms with Gasteiger partial charge in [0.25, 0.3) is 5.91 Å². The fraction of sp³-hybridized carbons (Fsp3) is 0.464. The van der Waals surface area contributed by atoms with E-state index in [0.717, 1.165) is 35.5 Å². The van der Waals surface area contributed by atoms with Crippen molar-refractivity contribution < 1.29 is 9.59 Å². The van der Waals surface area contributed by atoms with E-state index in [4.69, 9.17) is 4.98 Å². The van der Waals surface area contributed by atoms with Crippen LogP contribution in [0.3, 0.4) is 0 Å². The molecule has 0 radical (unpaired) electrons. The van der Waals surface area contributed by atoms with Crippen LogP contribution >= 0.6 is 11.3 Å². The fourth-order valence-corrected chi connectivity index (χ4v) is 7.99. The molecule has 6 rings (SSSR count). The van der Waals surface area contributed by atoms with Crippen molar-refractivity contribution in [3.63, 3.8) is 0 Å². The molecule has 2 saturated heterocycles. The van der Waals surface area contributed by atoms with Gasteiger partial charge in [0.1, 0.15) is 5.01 Å². The van der Waals surface area contributed by atoms with Crippen molar-refractivity contribution in [1.29, 1.82) is 0 Å². The molecule has 1 aliphatic carbocycles.